The molecule has 0 saturated heterocycles. The van der Waals surface area contributed by atoms with Crippen LogP contribution in [0.25, 0.3) is 0 Å². The van der Waals surface area contributed by atoms with Gasteiger partial charge in [-0.05, 0) is 54.7 Å². The van der Waals surface area contributed by atoms with Crippen molar-refractivity contribution in [2.24, 2.45) is 0 Å². The number of anilines is 1. The summed E-state index contributed by atoms with van der Waals surface area (Å²) in [5, 5.41) is 0. The van der Waals surface area contributed by atoms with Crippen molar-refractivity contribution < 1.29 is 13.2 Å². The van der Waals surface area contributed by atoms with Crippen LogP contribution in [0, 0.1) is 13.0 Å². The minimum absolute atomic E-state index is 0.117. The molecular weight excluding hydrogens is 287 g/mol. The Bertz CT molecular complexity index is 691. The summed E-state index contributed by atoms with van der Waals surface area (Å²) in [6.07, 6.45) is -2.45. The molecule has 1 aliphatic carbocycles. The number of benzene rings is 2. The lowest BCUT2D eigenvalue weighted by molar-refractivity contribution is -0.137. The Morgan fingerprint density at radius 2 is 1.95 bits per heavy atom. The highest BCUT2D eigenvalue weighted by Crippen LogP contribution is 2.40. The van der Waals surface area contributed by atoms with E-state index in [1.165, 1.54) is 17.2 Å². The summed E-state index contributed by atoms with van der Waals surface area (Å²) in [5.41, 5.74) is 3.18. The van der Waals surface area contributed by atoms with Crippen LogP contribution in [0.2, 0.25) is 0 Å². The Morgan fingerprint density at radius 1 is 1.23 bits per heavy atom. The third-order valence-corrected chi connectivity index (χ3v) is 4.40. The molecule has 0 bridgehead atoms. The molecule has 0 fully saturated rings. The minimum Gasteiger partial charge on any atom is -0.367 e. The number of halogens is 3. The molecule has 0 aliphatic heterocycles. The molecule has 1 atom stereocenters. The van der Waals surface area contributed by atoms with Crippen LogP contribution in [0.4, 0.5) is 18.9 Å². The molecule has 2 aromatic carbocycles. The Kier molecular flexibility index (Phi) is 3.63. The maximum absolute atomic E-state index is 12.9. The maximum atomic E-state index is 12.9. The zero-order valence-corrected chi connectivity index (χ0v) is 12.5. The van der Waals surface area contributed by atoms with Gasteiger partial charge >= 0.3 is 6.18 Å². The van der Waals surface area contributed by atoms with E-state index in [9.17, 15) is 13.2 Å². The number of hydrogen-bond acceptors (Lipinski definition) is 1. The summed E-state index contributed by atoms with van der Waals surface area (Å²) in [5.74, 6) is 0. The molecule has 22 heavy (non-hydrogen) atoms. The molecule has 0 amide bonds. The first-order chi connectivity index (χ1) is 10.4. The summed E-state index contributed by atoms with van der Waals surface area (Å²) in [6, 6.07) is 13.3. The second-order valence-electron chi connectivity index (χ2n) is 5.76. The van der Waals surface area contributed by atoms with Gasteiger partial charge in [-0.15, -0.1) is 0 Å². The van der Waals surface area contributed by atoms with Crippen molar-refractivity contribution >= 4 is 5.69 Å². The van der Waals surface area contributed by atoms with Crippen LogP contribution >= 0.6 is 0 Å². The van der Waals surface area contributed by atoms with Gasteiger partial charge in [0.25, 0.3) is 0 Å². The highest BCUT2D eigenvalue weighted by molar-refractivity contribution is 5.57. The SMILES string of the molecule is Cc1[c]cc(C(F)(F)F)cc1N(C)C1CCc2ccccc21. The van der Waals surface area contributed by atoms with E-state index in [0.717, 1.165) is 24.5 Å². The molecule has 0 N–H and O–H groups in total. The molecule has 3 rings (SSSR count). The highest BCUT2D eigenvalue weighted by Gasteiger charge is 2.32. The van der Waals surface area contributed by atoms with E-state index in [1.54, 1.807) is 6.92 Å². The molecule has 2 aromatic rings. The number of rotatable bonds is 2. The number of nitrogens with zero attached hydrogens (tertiary/aromatic N) is 1. The van der Waals surface area contributed by atoms with Gasteiger partial charge in [-0.3, -0.25) is 0 Å². The van der Waals surface area contributed by atoms with Gasteiger partial charge in [-0.25, -0.2) is 0 Å². The summed E-state index contributed by atoms with van der Waals surface area (Å²) >= 11 is 0. The molecule has 0 saturated carbocycles. The third kappa shape index (κ3) is 2.58. The van der Waals surface area contributed by atoms with Crippen molar-refractivity contribution in [3.05, 3.63) is 64.7 Å². The first kappa shape index (κ1) is 14.9. The lowest BCUT2D eigenvalue weighted by Gasteiger charge is -2.29. The Hall–Kier alpha value is -1.97. The fourth-order valence-electron chi connectivity index (χ4n) is 3.19. The van der Waals surface area contributed by atoms with E-state index < -0.39 is 11.7 Å². The van der Waals surface area contributed by atoms with Crippen LogP contribution in [0.1, 0.15) is 34.7 Å². The molecule has 1 unspecified atom stereocenters. The summed E-state index contributed by atoms with van der Waals surface area (Å²) in [7, 11) is 1.86. The van der Waals surface area contributed by atoms with Crippen LogP contribution in [0.15, 0.2) is 36.4 Å². The summed E-state index contributed by atoms with van der Waals surface area (Å²) < 4.78 is 38.8. The third-order valence-electron chi connectivity index (χ3n) is 4.40. The zero-order valence-electron chi connectivity index (χ0n) is 12.5. The van der Waals surface area contributed by atoms with Crippen LogP contribution in [0.3, 0.4) is 0 Å². The predicted molar refractivity (Wildman–Crippen MR) is 80.9 cm³/mol. The van der Waals surface area contributed by atoms with Gasteiger partial charge in [0.2, 0.25) is 0 Å². The van der Waals surface area contributed by atoms with E-state index >= 15 is 0 Å². The van der Waals surface area contributed by atoms with E-state index in [-0.39, 0.29) is 6.04 Å². The van der Waals surface area contributed by atoms with Gasteiger partial charge in [0.15, 0.2) is 0 Å². The van der Waals surface area contributed by atoms with Gasteiger partial charge in [0.1, 0.15) is 0 Å². The number of alkyl halides is 3. The molecule has 0 aromatic heterocycles. The smallest absolute Gasteiger partial charge is 0.367 e. The highest BCUT2D eigenvalue weighted by atomic mass is 19.4. The largest absolute Gasteiger partial charge is 0.416 e. The minimum atomic E-state index is -4.34. The standard InChI is InChI=1S/C18H17F3N/c1-12-7-9-14(18(19,20)21)11-17(12)22(2)16-10-8-13-5-3-4-6-15(13)16/h3-6,9,11,16H,8,10H2,1-2H3. The van der Waals surface area contributed by atoms with E-state index in [2.05, 4.69) is 18.2 Å². The zero-order chi connectivity index (χ0) is 15.9. The molecule has 4 heteroatoms. The first-order valence-electron chi connectivity index (χ1n) is 7.28. The van der Waals surface area contributed by atoms with E-state index in [1.807, 2.05) is 24.1 Å². The first-order valence-corrected chi connectivity index (χ1v) is 7.28. The predicted octanol–water partition coefficient (Wildman–Crippen LogP) is 4.94. The van der Waals surface area contributed by atoms with Crippen LogP contribution in [-0.2, 0) is 12.6 Å². The second kappa shape index (κ2) is 5.34. The second-order valence-corrected chi connectivity index (χ2v) is 5.76. The Labute approximate surface area is 128 Å². The van der Waals surface area contributed by atoms with Crippen molar-refractivity contribution in [2.45, 2.75) is 32.0 Å². The molecule has 0 heterocycles. The van der Waals surface area contributed by atoms with Gasteiger partial charge in [0, 0.05) is 12.7 Å². The average Bonchev–Trinajstić information content (AvgIpc) is 2.89. The normalized spacial score (nSPS) is 17.4. The van der Waals surface area contributed by atoms with Gasteiger partial charge in [-0.1, -0.05) is 24.3 Å². The monoisotopic (exact) mass is 304 g/mol. The quantitative estimate of drug-likeness (QED) is 0.760. The van der Waals surface area contributed by atoms with Gasteiger partial charge < -0.3 is 4.90 Å². The number of hydrogen-bond donors (Lipinski definition) is 0. The van der Waals surface area contributed by atoms with Crippen molar-refractivity contribution in [3.63, 3.8) is 0 Å². The molecule has 115 valence electrons. The van der Waals surface area contributed by atoms with Crippen molar-refractivity contribution in [3.8, 4) is 0 Å². The van der Waals surface area contributed by atoms with Crippen molar-refractivity contribution in [2.75, 3.05) is 11.9 Å². The molecule has 0 spiro atoms. The number of aryl methyl sites for hydroxylation is 2. The van der Waals surface area contributed by atoms with Crippen molar-refractivity contribution in [1.29, 1.82) is 0 Å². The lowest BCUT2D eigenvalue weighted by Crippen LogP contribution is -2.23. The maximum Gasteiger partial charge on any atom is 0.416 e. The van der Waals surface area contributed by atoms with Crippen LogP contribution < -0.4 is 4.90 Å². The van der Waals surface area contributed by atoms with E-state index in [4.69, 9.17) is 0 Å². The number of fused-ring (bicyclic) bond motifs is 1. The summed E-state index contributed by atoms with van der Waals surface area (Å²) in [4.78, 5) is 1.95. The molecule has 1 nitrogen and oxygen atoms in total. The molecule has 1 aliphatic rings. The molecular formula is C18H17F3N. The van der Waals surface area contributed by atoms with Crippen LogP contribution in [0.5, 0.6) is 0 Å². The summed E-state index contributed by atoms with van der Waals surface area (Å²) in [6.45, 7) is 1.80. The average molecular weight is 304 g/mol. The van der Waals surface area contributed by atoms with Gasteiger partial charge in [-0.2, -0.15) is 13.2 Å². The fourth-order valence-corrected chi connectivity index (χ4v) is 3.19. The fraction of sp³-hybridized carbons (Fsp3) is 0.333. The van der Waals surface area contributed by atoms with Crippen molar-refractivity contribution in [1.82, 2.24) is 0 Å². The Morgan fingerprint density at radius 3 is 2.68 bits per heavy atom. The van der Waals surface area contributed by atoms with E-state index in [0.29, 0.717) is 5.69 Å². The lowest BCUT2D eigenvalue weighted by atomic mass is 10.0. The Balaban J connectivity index is 1.98. The van der Waals surface area contributed by atoms with Gasteiger partial charge in [0.05, 0.1) is 11.6 Å². The topological polar surface area (TPSA) is 3.24 Å². The van der Waals surface area contributed by atoms with Crippen LogP contribution in [-0.4, -0.2) is 7.05 Å². The molecule has 1 radical (unpaired) electrons.